The Kier molecular flexibility index (Phi) is 6.17. The van der Waals surface area contributed by atoms with Gasteiger partial charge in [-0.15, -0.1) is 0 Å². The first-order valence-corrected chi connectivity index (χ1v) is 10.8. The van der Waals surface area contributed by atoms with Gasteiger partial charge in [-0.25, -0.2) is 4.79 Å². The minimum absolute atomic E-state index is 0.00393. The third-order valence-corrected chi connectivity index (χ3v) is 6.45. The molecule has 2 amide bonds. The summed E-state index contributed by atoms with van der Waals surface area (Å²) in [7, 11) is 0. The zero-order valence-electron chi connectivity index (χ0n) is 17.1. The van der Waals surface area contributed by atoms with Crippen LogP contribution in [0.3, 0.4) is 0 Å². The number of halogens is 4. The second-order valence-corrected chi connectivity index (χ2v) is 9.06. The number of nitrogens with zero attached hydrogens (tertiary/aromatic N) is 2. The Morgan fingerprint density at radius 1 is 1.03 bits per heavy atom. The molecule has 166 valence electrons. The fourth-order valence-corrected chi connectivity index (χ4v) is 4.71. The summed E-state index contributed by atoms with van der Waals surface area (Å²) in [4.78, 5) is 16.6. The number of carbonyl (C=O) groups excluding carboxylic acids is 1. The lowest BCUT2D eigenvalue weighted by molar-refractivity contribution is -0.137. The molecule has 2 aromatic rings. The average Bonchev–Trinajstić information content (AvgIpc) is 2.71. The lowest BCUT2D eigenvalue weighted by Gasteiger charge is -2.53. The lowest BCUT2D eigenvalue weighted by Crippen LogP contribution is -2.63. The van der Waals surface area contributed by atoms with Crippen LogP contribution in [0.1, 0.15) is 29.5 Å². The highest BCUT2D eigenvalue weighted by Gasteiger charge is 2.46. The molecule has 0 saturated carbocycles. The van der Waals surface area contributed by atoms with Gasteiger partial charge < -0.3 is 10.2 Å². The van der Waals surface area contributed by atoms with Gasteiger partial charge in [-0.05, 0) is 55.3 Å². The third-order valence-electron chi connectivity index (χ3n) is 6.23. The molecule has 1 N–H and O–H groups in total. The Bertz CT molecular complexity index is 919. The zero-order chi connectivity index (χ0) is 22.1. The van der Waals surface area contributed by atoms with Crippen LogP contribution in [0.4, 0.5) is 18.0 Å². The molecule has 4 rings (SSSR count). The van der Waals surface area contributed by atoms with Crippen molar-refractivity contribution in [2.45, 2.75) is 32.1 Å². The molecule has 2 fully saturated rings. The highest BCUT2D eigenvalue weighted by molar-refractivity contribution is 6.30. The lowest BCUT2D eigenvalue weighted by atomic mass is 9.72. The van der Waals surface area contributed by atoms with E-state index >= 15 is 0 Å². The topological polar surface area (TPSA) is 35.6 Å². The van der Waals surface area contributed by atoms with Gasteiger partial charge in [0.25, 0.3) is 0 Å². The quantitative estimate of drug-likeness (QED) is 0.696. The number of amides is 2. The molecule has 2 aliphatic heterocycles. The maximum atomic E-state index is 12.9. The van der Waals surface area contributed by atoms with Crippen molar-refractivity contribution in [2.75, 3.05) is 26.2 Å². The summed E-state index contributed by atoms with van der Waals surface area (Å²) in [5.74, 6) is 0. The number of alkyl halides is 3. The molecule has 0 bridgehead atoms. The Labute approximate surface area is 185 Å². The van der Waals surface area contributed by atoms with Crippen molar-refractivity contribution in [2.24, 2.45) is 5.41 Å². The number of carbonyl (C=O) groups is 1. The minimum atomic E-state index is -4.47. The summed E-state index contributed by atoms with van der Waals surface area (Å²) in [5.41, 5.74) is 0.999. The number of hydrogen-bond donors (Lipinski definition) is 1. The predicted molar refractivity (Wildman–Crippen MR) is 114 cm³/mol. The maximum Gasteiger partial charge on any atom is 0.416 e. The molecule has 2 aliphatic rings. The highest BCUT2D eigenvalue weighted by Crippen LogP contribution is 2.40. The van der Waals surface area contributed by atoms with Crippen LogP contribution in [0, 0.1) is 5.41 Å². The SMILES string of the molecule is O=C(NCc1cc(Cl)cc(C(F)(F)F)c1)N1CC2(CCN(Cc3ccccc3)CC2)C1. The van der Waals surface area contributed by atoms with Gasteiger partial charge >= 0.3 is 12.2 Å². The third kappa shape index (κ3) is 5.33. The smallest absolute Gasteiger partial charge is 0.334 e. The van der Waals surface area contributed by atoms with E-state index < -0.39 is 11.7 Å². The maximum absolute atomic E-state index is 12.9. The fourth-order valence-electron chi connectivity index (χ4n) is 4.46. The summed E-state index contributed by atoms with van der Waals surface area (Å²) in [6, 6.07) is 13.5. The first-order chi connectivity index (χ1) is 14.7. The second kappa shape index (κ2) is 8.71. The van der Waals surface area contributed by atoms with E-state index in [1.165, 1.54) is 11.6 Å². The molecule has 0 aromatic heterocycles. The van der Waals surface area contributed by atoms with Crippen LogP contribution in [0.25, 0.3) is 0 Å². The average molecular weight is 452 g/mol. The van der Waals surface area contributed by atoms with Gasteiger partial charge in [-0.2, -0.15) is 13.2 Å². The van der Waals surface area contributed by atoms with Crippen molar-refractivity contribution < 1.29 is 18.0 Å². The number of piperidine rings is 1. The zero-order valence-corrected chi connectivity index (χ0v) is 17.8. The first-order valence-electron chi connectivity index (χ1n) is 10.4. The summed E-state index contributed by atoms with van der Waals surface area (Å²) in [6.45, 7) is 4.36. The van der Waals surface area contributed by atoms with Crippen molar-refractivity contribution in [1.29, 1.82) is 0 Å². The Balaban J connectivity index is 1.24. The van der Waals surface area contributed by atoms with Crippen molar-refractivity contribution >= 4 is 17.6 Å². The molecule has 0 radical (unpaired) electrons. The number of nitrogens with one attached hydrogen (secondary N) is 1. The summed E-state index contributed by atoms with van der Waals surface area (Å²) >= 11 is 5.81. The van der Waals surface area contributed by atoms with Crippen molar-refractivity contribution in [3.8, 4) is 0 Å². The molecule has 2 heterocycles. The van der Waals surface area contributed by atoms with Crippen LogP contribution in [0.15, 0.2) is 48.5 Å². The number of hydrogen-bond acceptors (Lipinski definition) is 2. The number of benzene rings is 2. The van der Waals surface area contributed by atoms with E-state index in [0.717, 1.165) is 44.6 Å². The molecule has 31 heavy (non-hydrogen) atoms. The van der Waals surface area contributed by atoms with Crippen molar-refractivity contribution in [3.05, 3.63) is 70.2 Å². The van der Waals surface area contributed by atoms with Gasteiger partial charge in [0.15, 0.2) is 0 Å². The summed E-state index contributed by atoms with van der Waals surface area (Å²) in [6.07, 6.45) is -2.37. The first kappa shape index (κ1) is 22.0. The predicted octanol–water partition coefficient (Wildman–Crippen LogP) is 5.17. The van der Waals surface area contributed by atoms with E-state index in [1.54, 1.807) is 4.90 Å². The van der Waals surface area contributed by atoms with E-state index in [1.807, 2.05) is 6.07 Å². The van der Waals surface area contributed by atoms with Gasteiger partial charge in [-0.1, -0.05) is 41.9 Å². The number of likely N-dealkylation sites (tertiary alicyclic amines) is 2. The standard InChI is InChI=1S/C23H25ClF3N3O/c24-20-11-18(10-19(12-20)23(25,26)27)13-28-21(31)30-15-22(16-30)6-8-29(9-7-22)14-17-4-2-1-3-5-17/h1-5,10-12H,6-9,13-16H2,(H,28,31). The van der Waals surface area contributed by atoms with Gasteiger partial charge in [-0.3, -0.25) is 4.90 Å². The van der Waals surface area contributed by atoms with E-state index in [-0.39, 0.29) is 23.0 Å². The fraction of sp³-hybridized carbons (Fsp3) is 0.435. The van der Waals surface area contributed by atoms with Crippen LogP contribution in [0.5, 0.6) is 0 Å². The molecular formula is C23H25ClF3N3O. The van der Waals surface area contributed by atoms with E-state index in [2.05, 4.69) is 34.5 Å². The van der Waals surface area contributed by atoms with E-state index in [9.17, 15) is 18.0 Å². The van der Waals surface area contributed by atoms with Crippen molar-refractivity contribution in [1.82, 2.24) is 15.1 Å². The molecule has 0 aliphatic carbocycles. The van der Waals surface area contributed by atoms with Gasteiger partial charge in [0, 0.05) is 36.6 Å². The molecule has 2 saturated heterocycles. The Morgan fingerprint density at radius 2 is 1.71 bits per heavy atom. The number of urea groups is 1. The van der Waals surface area contributed by atoms with Crippen molar-refractivity contribution in [3.63, 3.8) is 0 Å². The summed E-state index contributed by atoms with van der Waals surface area (Å²) < 4.78 is 38.8. The molecule has 1 spiro atoms. The number of rotatable bonds is 4. The Hall–Kier alpha value is -2.25. The molecular weight excluding hydrogens is 427 g/mol. The van der Waals surface area contributed by atoms with Gasteiger partial charge in [0.05, 0.1) is 5.56 Å². The van der Waals surface area contributed by atoms with E-state index in [0.29, 0.717) is 18.7 Å². The molecule has 4 nitrogen and oxygen atoms in total. The molecule has 0 unspecified atom stereocenters. The Morgan fingerprint density at radius 3 is 2.35 bits per heavy atom. The van der Waals surface area contributed by atoms with Crippen LogP contribution in [-0.4, -0.2) is 42.0 Å². The molecule has 2 aromatic carbocycles. The van der Waals surface area contributed by atoms with Crippen LogP contribution < -0.4 is 5.32 Å². The summed E-state index contributed by atoms with van der Waals surface area (Å²) in [5, 5.41) is 2.72. The largest absolute Gasteiger partial charge is 0.416 e. The van der Waals surface area contributed by atoms with Crippen LogP contribution in [0.2, 0.25) is 5.02 Å². The minimum Gasteiger partial charge on any atom is -0.334 e. The van der Waals surface area contributed by atoms with E-state index in [4.69, 9.17) is 11.6 Å². The normalized spacial score (nSPS) is 18.6. The second-order valence-electron chi connectivity index (χ2n) is 8.62. The van der Waals surface area contributed by atoms with Crippen LogP contribution >= 0.6 is 11.6 Å². The van der Waals surface area contributed by atoms with Crippen LogP contribution in [-0.2, 0) is 19.3 Å². The van der Waals surface area contributed by atoms with Gasteiger partial charge in [0.2, 0.25) is 0 Å². The molecule has 0 atom stereocenters. The molecule has 8 heteroatoms. The monoisotopic (exact) mass is 451 g/mol. The highest BCUT2D eigenvalue weighted by atomic mass is 35.5. The van der Waals surface area contributed by atoms with Gasteiger partial charge in [0.1, 0.15) is 0 Å².